The van der Waals surface area contributed by atoms with Crippen LogP contribution in [-0.2, 0) is 56.1 Å². The summed E-state index contributed by atoms with van der Waals surface area (Å²) >= 11 is 0. The number of hydroxylamine groups is 2. The molecular formula is C45H56N4O11. The Kier molecular flexibility index (Phi) is 11.4. The van der Waals surface area contributed by atoms with Crippen molar-refractivity contribution in [3.8, 4) is 0 Å². The zero-order valence-corrected chi connectivity index (χ0v) is 34.9. The third kappa shape index (κ3) is 8.22. The van der Waals surface area contributed by atoms with Gasteiger partial charge in [-0.3, -0.25) is 28.8 Å². The minimum absolute atomic E-state index is 0.0242. The van der Waals surface area contributed by atoms with Crippen molar-refractivity contribution in [2.45, 2.75) is 127 Å². The number of benzene rings is 2. The van der Waals surface area contributed by atoms with Crippen LogP contribution in [0.3, 0.4) is 0 Å². The highest BCUT2D eigenvalue weighted by molar-refractivity contribution is 5.95. The van der Waals surface area contributed by atoms with Crippen LogP contribution in [0, 0.1) is 17.3 Å². The molecule has 2 aromatic carbocycles. The van der Waals surface area contributed by atoms with Crippen LogP contribution in [0.1, 0.15) is 92.8 Å². The molecule has 3 N–H and O–H groups in total. The Morgan fingerprint density at radius 1 is 1.02 bits per heavy atom. The predicted octanol–water partition coefficient (Wildman–Crippen LogP) is 3.42. The van der Waals surface area contributed by atoms with Crippen molar-refractivity contribution >= 4 is 35.7 Å². The molecule has 7 atom stereocenters. The first-order valence-electron chi connectivity index (χ1n) is 21.1. The predicted molar refractivity (Wildman–Crippen MR) is 215 cm³/mol. The van der Waals surface area contributed by atoms with E-state index in [2.05, 4.69) is 10.6 Å². The van der Waals surface area contributed by atoms with E-state index in [1.165, 1.54) is 11.0 Å². The lowest BCUT2D eigenvalue weighted by Gasteiger charge is -2.48. The largest absolute Gasteiger partial charge is 0.460 e. The van der Waals surface area contributed by atoms with Crippen molar-refractivity contribution in [1.29, 1.82) is 0 Å². The standard InChI is InChI=1S/C45H56N4O11/c1-43(2,3)57-35(52)20-18-32(25-50)47-40(53)28-12-8-9-26(21-28)23-46-42(55)44-22-33-36-37(59-45(58-36,30-14-15-30)31-16-17-31)39(44)60-49(38(44)41(54)56-33)24-29-11-7-6-10-27(29)13-19-34(51)48(4)5/h6-13,19,21,30-33,36-39,50H,14-18,20,22-25H2,1-5H3,(H,46,55)(H,47,53). The average molecular weight is 829 g/mol. The van der Waals surface area contributed by atoms with E-state index in [1.807, 2.05) is 24.3 Å². The maximum absolute atomic E-state index is 15.0. The molecule has 2 bridgehead atoms. The minimum Gasteiger partial charge on any atom is -0.460 e. The number of likely N-dealkylation sites (N-methyl/N-ethyl adjacent to an activating group) is 1. The van der Waals surface area contributed by atoms with Crippen LogP contribution in [0.25, 0.3) is 6.08 Å². The molecule has 3 saturated carbocycles. The monoisotopic (exact) mass is 828 g/mol. The molecule has 3 aliphatic heterocycles. The third-order valence-electron chi connectivity index (χ3n) is 12.4. The van der Waals surface area contributed by atoms with Crippen molar-refractivity contribution in [3.05, 3.63) is 76.9 Å². The molecule has 2 aromatic rings. The first-order chi connectivity index (χ1) is 28.6. The molecule has 3 saturated heterocycles. The number of aliphatic hydroxyl groups is 1. The Labute approximate surface area is 350 Å². The number of amides is 3. The van der Waals surface area contributed by atoms with E-state index in [-0.39, 0.29) is 56.7 Å². The summed E-state index contributed by atoms with van der Waals surface area (Å²) in [7, 11) is 3.35. The van der Waals surface area contributed by atoms with E-state index in [0.717, 1.165) is 36.8 Å². The van der Waals surface area contributed by atoms with Gasteiger partial charge in [0, 0.05) is 57.0 Å². The van der Waals surface area contributed by atoms with Gasteiger partial charge in [0.2, 0.25) is 11.8 Å². The van der Waals surface area contributed by atoms with Crippen LogP contribution in [0.2, 0.25) is 0 Å². The second-order valence-electron chi connectivity index (χ2n) is 18.3. The third-order valence-corrected chi connectivity index (χ3v) is 12.4. The normalized spacial score (nSPS) is 28.4. The second-order valence-corrected chi connectivity index (χ2v) is 18.3. The van der Waals surface area contributed by atoms with Gasteiger partial charge >= 0.3 is 11.9 Å². The Morgan fingerprint density at radius 3 is 2.42 bits per heavy atom. The molecule has 6 fully saturated rings. The topological polar surface area (TPSA) is 182 Å². The molecule has 15 nitrogen and oxygen atoms in total. The molecule has 322 valence electrons. The van der Waals surface area contributed by atoms with E-state index in [4.69, 9.17) is 23.8 Å². The zero-order chi connectivity index (χ0) is 42.6. The summed E-state index contributed by atoms with van der Waals surface area (Å²) < 4.78 is 25.4. The summed E-state index contributed by atoms with van der Waals surface area (Å²) in [5.41, 5.74) is 0.414. The van der Waals surface area contributed by atoms with Crippen LogP contribution >= 0.6 is 0 Å². The van der Waals surface area contributed by atoms with Gasteiger partial charge in [-0.2, -0.15) is 5.06 Å². The molecule has 7 unspecified atom stereocenters. The zero-order valence-electron chi connectivity index (χ0n) is 34.9. The van der Waals surface area contributed by atoms with E-state index >= 15 is 0 Å². The summed E-state index contributed by atoms with van der Waals surface area (Å²) in [6.45, 7) is 5.10. The van der Waals surface area contributed by atoms with E-state index in [9.17, 15) is 29.1 Å². The fourth-order valence-electron chi connectivity index (χ4n) is 9.32. The van der Waals surface area contributed by atoms with Gasteiger partial charge in [-0.25, -0.2) is 0 Å². The lowest BCUT2D eigenvalue weighted by Crippen LogP contribution is -2.69. The number of nitrogens with one attached hydrogen (secondary N) is 2. The number of esters is 2. The highest BCUT2D eigenvalue weighted by Crippen LogP contribution is 2.63. The van der Waals surface area contributed by atoms with Crippen molar-refractivity contribution < 1.29 is 52.9 Å². The summed E-state index contributed by atoms with van der Waals surface area (Å²) in [6, 6.07) is 12.5. The average Bonchev–Trinajstić information content (AvgIpc) is 4.16. The number of rotatable bonds is 15. The lowest BCUT2D eigenvalue weighted by atomic mass is 9.62. The summed E-state index contributed by atoms with van der Waals surface area (Å²) in [5.74, 6) is -2.37. The highest BCUT2D eigenvalue weighted by atomic mass is 16.8. The molecule has 0 spiro atoms. The molecule has 3 aliphatic carbocycles. The number of fused-ring (bicyclic) bond motifs is 4. The van der Waals surface area contributed by atoms with Crippen molar-refractivity contribution in [2.75, 3.05) is 20.7 Å². The van der Waals surface area contributed by atoms with Crippen LogP contribution in [0.15, 0.2) is 54.6 Å². The lowest BCUT2D eigenvalue weighted by molar-refractivity contribution is -0.235. The first kappa shape index (κ1) is 42.0. The summed E-state index contributed by atoms with van der Waals surface area (Å²) in [5, 5.41) is 17.4. The second kappa shape index (κ2) is 16.3. The van der Waals surface area contributed by atoms with Crippen LogP contribution in [-0.4, -0.2) is 113 Å². The maximum atomic E-state index is 15.0. The number of carbonyl (C=O) groups excluding carboxylic acids is 5. The van der Waals surface area contributed by atoms with E-state index in [1.54, 1.807) is 70.3 Å². The molecule has 8 rings (SSSR count). The number of nitrogens with zero attached hydrogens (tertiary/aromatic N) is 2. The fourth-order valence-corrected chi connectivity index (χ4v) is 9.32. The number of aliphatic hydroxyl groups excluding tert-OH is 1. The van der Waals surface area contributed by atoms with Crippen molar-refractivity contribution in [2.24, 2.45) is 17.3 Å². The van der Waals surface area contributed by atoms with E-state index < -0.39 is 77.1 Å². The quantitative estimate of drug-likeness (QED) is 0.176. The van der Waals surface area contributed by atoms with Gasteiger partial charge in [0.1, 0.15) is 35.4 Å². The number of carbonyl (C=O) groups is 5. The molecule has 3 amide bonds. The number of hydrogen-bond acceptors (Lipinski definition) is 12. The Bertz CT molecular complexity index is 2030. The number of hydrogen-bond donors (Lipinski definition) is 3. The van der Waals surface area contributed by atoms with Crippen molar-refractivity contribution in [1.82, 2.24) is 20.6 Å². The molecule has 3 heterocycles. The van der Waals surface area contributed by atoms with Gasteiger partial charge in [-0.1, -0.05) is 36.4 Å². The van der Waals surface area contributed by atoms with Gasteiger partial charge in [0.15, 0.2) is 11.8 Å². The van der Waals surface area contributed by atoms with Crippen LogP contribution < -0.4 is 10.6 Å². The maximum Gasteiger partial charge on any atom is 0.327 e. The fraction of sp³-hybridized carbons (Fsp3) is 0.578. The van der Waals surface area contributed by atoms with Crippen LogP contribution in [0.5, 0.6) is 0 Å². The van der Waals surface area contributed by atoms with Gasteiger partial charge in [-0.15, -0.1) is 0 Å². The molecule has 15 heteroatoms. The number of ether oxygens (including phenoxy) is 4. The van der Waals surface area contributed by atoms with Gasteiger partial charge in [-0.05, 0) is 87.8 Å². The molecule has 60 heavy (non-hydrogen) atoms. The van der Waals surface area contributed by atoms with Gasteiger partial charge < -0.3 is 39.6 Å². The van der Waals surface area contributed by atoms with Gasteiger partial charge in [0.05, 0.1) is 19.2 Å². The Hall–Kier alpha value is -4.67. The summed E-state index contributed by atoms with van der Waals surface area (Å²) in [6.07, 6.45) is 4.65. The summed E-state index contributed by atoms with van der Waals surface area (Å²) in [4.78, 5) is 75.5. The Balaban J connectivity index is 1.03. The Morgan fingerprint density at radius 2 is 1.73 bits per heavy atom. The molecule has 0 aromatic heterocycles. The highest BCUT2D eigenvalue weighted by Gasteiger charge is 2.78. The molecule has 6 aliphatic rings. The molecule has 0 radical (unpaired) electrons. The SMILES string of the molecule is CN(C)C(=O)C=Cc1ccccc1CN1OC2C3OC(C4CC4)(C4CC4)OC3C3CC2(C(=O)NCc2cccc(C(=O)NC(CO)CCC(=O)OC(C)(C)C)c2)C1C(=O)O3. The minimum atomic E-state index is -1.41. The van der Waals surface area contributed by atoms with Gasteiger partial charge in [0.25, 0.3) is 5.91 Å². The van der Waals surface area contributed by atoms with Crippen LogP contribution in [0.4, 0.5) is 0 Å². The smallest absolute Gasteiger partial charge is 0.327 e. The van der Waals surface area contributed by atoms with E-state index in [0.29, 0.717) is 11.1 Å². The first-order valence-corrected chi connectivity index (χ1v) is 21.1. The van der Waals surface area contributed by atoms with Crippen molar-refractivity contribution in [3.63, 3.8) is 0 Å². The molecular weight excluding hydrogens is 773 g/mol.